The van der Waals surface area contributed by atoms with Gasteiger partial charge in [0.25, 0.3) is 0 Å². The van der Waals surface area contributed by atoms with E-state index in [9.17, 15) is 19.8 Å². The average molecular weight is 262 g/mol. The Labute approximate surface area is 103 Å². The predicted octanol–water partition coefficient (Wildman–Crippen LogP) is -0.466. The standard InChI is InChI=1S/C10H14O6S/c1-3-5(11)10(9(15)16,6(12)4-2)7(17)8(13)14/h3-7,11-12,17H,1-2H2,(H,13,14)(H,15,16). The van der Waals surface area contributed by atoms with Gasteiger partial charge in [-0.05, 0) is 0 Å². The van der Waals surface area contributed by atoms with Crippen molar-refractivity contribution in [3.8, 4) is 0 Å². The van der Waals surface area contributed by atoms with Gasteiger partial charge in [-0.3, -0.25) is 9.59 Å². The fourth-order valence-electron chi connectivity index (χ4n) is 1.46. The zero-order valence-electron chi connectivity index (χ0n) is 8.85. The first-order chi connectivity index (χ1) is 7.76. The summed E-state index contributed by atoms with van der Waals surface area (Å²) in [6.07, 6.45) is -1.95. The predicted molar refractivity (Wildman–Crippen MR) is 62.9 cm³/mol. The van der Waals surface area contributed by atoms with Gasteiger partial charge in [-0.1, -0.05) is 12.2 Å². The number of carboxylic acid groups (broad SMARTS) is 2. The molecule has 3 atom stereocenters. The monoisotopic (exact) mass is 262 g/mol. The molecule has 0 aliphatic carbocycles. The van der Waals surface area contributed by atoms with Gasteiger partial charge >= 0.3 is 11.9 Å². The van der Waals surface area contributed by atoms with Crippen LogP contribution in [0.3, 0.4) is 0 Å². The topological polar surface area (TPSA) is 115 Å². The molecule has 0 amide bonds. The minimum Gasteiger partial charge on any atom is -0.481 e. The van der Waals surface area contributed by atoms with Crippen molar-refractivity contribution in [3.63, 3.8) is 0 Å². The van der Waals surface area contributed by atoms with Gasteiger partial charge in [-0.25, -0.2) is 0 Å². The van der Waals surface area contributed by atoms with E-state index in [-0.39, 0.29) is 0 Å². The molecule has 3 unspecified atom stereocenters. The van der Waals surface area contributed by atoms with Gasteiger partial charge in [0.2, 0.25) is 0 Å². The Morgan fingerprint density at radius 2 is 1.47 bits per heavy atom. The molecular weight excluding hydrogens is 248 g/mol. The molecule has 0 aromatic rings. The summed E-state index contributed by atoms with van der Waals surface area (Å²) >= 11 is 3.64. The molecule has 0 radical (unpaired) electrons. The van der Waals surface area contributed by atoms with E-state index in [1.165, 1.54) is 0 Å². The lowest BCUT2D eigenvalue weighted by Crippen LogP contribution is -2.58. The maximum absolute atomic E-state index is 11.2. The lowest BCUT2D eigenvalue weighted by Gasteiger charge is -2.37. The zero-order valence-corrected chi connectivity index (χ0v) is 9.75. The lowest BCUT2D eigenvalue weighted by molar-refractivity contribution is -0.168. The van der Waals surface area contributed by atoms with Crippen LogP contribution in [0.1, 0.15) is 0 Å². The molecule has 0 aromatic heterocycles. The summed E-state index contributed by atoms with van der Waals surface area (Å²) in [5.74, 6) is -3.29. The first-order valence-corrected chi connectivity index (χ1v) is 5.03. The quantitative estimate of drug-likeness (QED) is 0.313. The minimum atomic E-state index is -2.45. The highest BCUT2D eigenvalue weighted by Crippen LogP contribution is 2.36. The molecule has 0 saturated carbocycles. The van der Waals surface area contributed by atoms with Gasteiger partial charge in [0.15, 0.2) is 0 Å². The third kappa shape index (κ3) is 2.51. The number of thiol groups is 1. The van der Waals surface area contributed by atoms with Gasteiger partial charge in [-0.15, -0.1) is 13.2 Å². The molecule has 0 aromatic carbocycles. The smallest absolute Gasteiger partial charge is 0.317 e. The Bertz CT molecular complexity index is 326. The van der Waals surface area contributed by atoms with Crippen molar-refractivity contribution < 1.29 is 30.0 Å². The van der Waals surface area contributed by atoms with Crippen LogP contribution in [0.2, 0.25) is 0 Å². The second-order valence-electron chi connectivity index (χ2n) is 3.34. The molecule has 0 aliphatic rings. The number of aliphatic hydroxyl groups is 2. The molecule has 0 bridgehead atoms. The molecule has 0 fully saturated rings. The maximum atomic E-state index is 11.2. The Kier molecular flexibility index (Phi) is 5.40. The Morgan fingerprint density at radius 1 is 1.12 bits per heavy atom. The van der Waals surface area contributed by atoms with E-state index in [4.69, 9.17) is 10.2 Å². The Morgan fingerprint density at radius 3 is 1.65 bits per heavy atom. The Hall–Kier alpha value is -1.31. The first-order valence-electron chi connectivity index (χ1n) is 4.52. The molecule has 0 rings (SSSR count). The van der Waals surface area contributed by atoms with Crippen molar-refractivity contribution in [2.45, 2.75) is 17.5 Å². The molecule has 0 saturated heterocycles. The molecular formula is C10H14O6S. The Balaban J connectivity index is 5.89. The summed E-state index contributed by atoms with van der Waals surface area (Å²) in [4.78, 5) is 22.1. The summed E-state index contributed by atoms with van der Waals surface area (Å²) in [5.41, 5.74) is -2.45. The van der Waals surface area contributed by atoms with E-state index in [1.54, 1.807) is 0 Å². The van der Waals surface area contributed by atoms with Crippen molar-refractivity contribution >= 4 is 24.6 Å². The summed E-state index contributed by atoms with van der Waals surface area (Å²) in [7, 11) is 0. The number of hydrogen-bond acceptors (Lipinski definition) is 5. The van der Waals surface area contributed by atoms with Crippen molar-refractivity contribution in [1.82, 2.24) is 0 Å². The molecule has 17 heavy (non-hydrogen) atoms. The number of aliphatic hydroxyl groups excluding tert-OH is 2. The van der Waals surface area contributed by atoms with Crippen LogP contribution in [0.5, 0.6) is 0 Å². The molecule has 7 heteroatoms. The van der Waals surface area contributed by atoms with E-state index >= 15 is 0 Å². The highest BCUT2D eigenvalue weighted by Gasteiger charge is 2.57. The van der Waals surface area contributed by atoms with Crippen LogP contribution in [0, 0.1) is 5.41 Å². The molecule has 0 aliphatic heterocycles. The van der Waals surface area contributed by atoms with Crippen molar-refractivity contribution in [2.75, 3.05) is 0 Å². The minimum absolute atomic E-state index is 0.826. The molecule has 4 N–H and O–H groups in total. The molecule has 96 valence electrons. The van der Waals surface area contributed by atoms with E-state index < -0.39 is 34.8 Å². The third-order valence-corrected chi connectivity index (χ3v) is 3.13. The lowest BCUT2D eigenvalue weighted by atomic mass is 9.73. The van der Waals surface area contributed by atoms with Crippen molar-refractivity contribution in [2.24, 2.45) is 5.41 Å². The molecule has 0 spiro atoms. The number of carboxylic acids is 2. The summed E-state index contributed by atoms with van der Waals surface area (Å²) in [6, 6.07) is 0. The van der Waals surface area contributed by atoms with Crippen LogP contribution in [0.4, 0.5) is 0 Å². The largest absolute Gasteiger partial charge is 0.481 e. The van der Waals surface area contributed by atoms with Crippen LogP contribution < -0.4 is 0 Å². The van der Waals surface area contributed by atoms with Gasteiger partial charge in [0.1, 0.15) is 10.7 Å². The van der Waals surface area contributed by atoms with Crippen LogP contribution >= 0.6 is 12.6 Å². The molecule has 0 heterocycles. The normalized spacial score (nSPS) is 19.5. The zero-order chi connectivity index (χ0) is 13.8. The van der Waals surface area contributed by atoms with Crippen molar-refractivity contribution in [3.05, 3.63) is 25.3 Å². The second-order valence-corrected chi connectivity index (χ2v) is 3.86. The van der Waals surface area contributed by atoms with Crippen LogP contribution in [-0.4, -0.2) is 49.8 Å². The fraction of sp³-hybridized carbons (Fsp3) is 0.400. The average Bonchev–Trinajstić information content (AvgIpc) is 2.28. The van der Waals surface area contributed by atoms with E-state index in [2.05, 4.69) is 25.8 Å². The molecule has 6 nitrogen and oxygen atoms in total. The first kappa shape index (κ1) is 15.7. The number of aliphatic carboxylic acids is 2. The third-order valence-electron chi connectivity index (χ3n) is 2.48. The van der Waals surface area contributed by atoms with Gasteiger partial charge < -0.3 is 20.4 Å². The van der Waals surface area contributed by atoms with E-state index in [0.717, 1.165) is 12.2 Å². The highest BCUT2D eigenvalue weighted by atomic mass is 32.1. The second kappa shape index (κ2) is 5.85. The maximum Gasteiger partial charge on any atom is 0.317 e. The SMILES string of the molecule is C=CC(O)C(C(=O)O)(C(O)C=C)C(S)C(=O)O. The van der Waals surface area contributed by atoms with Crippen LogP contribution in [-0.2, 0) is 9.59 Å². The van der Waals surface area contributed by atoms with Gasteiger partial charge in [-0.2, -0.15) is 12.6 Å². The highest BCUT2D eigenvalue weighted by molar-refractivity contribution is 7.81. The van der Waals surface area contributed by atoms with Crippen LogP contribution in [0.25, 0.3) is 0 Å². The number of rotatable bonds is 7. The fourth-order valence-corrected chi connectivity index (χ4v) is 1.88. The van der Waals surface area contributed by atoms with Gasteiger partial charge in [0.05, 0.1) is 12.2 Å². The van der Waals surface area contributed by atoms with E-state index in [1.807, 2.05) is 0 Å². The summed E-state index contributed by atoms with van der Waals surface area (Å²) in [6.45, 7) is 6.36. The number of hydrogen-bond donors (Lipinski definition) is 5. The summed E-state index contributed by atoms with van der Waals surface area (Å²) < 4.78 is 0. The summed E-state index contributed by atoms with van der Waals surface area (Å²) in [5, 5.41) is 35.4. The van der Waals surface area contributed by atoms with Gasteiger partial charge in [0, 0.05) is 0 Å². The van der Waals surface area contributed by atoms with Crippen molar-refractivity contribution in [1.29, 1.82) is 0 Å². The van der Waals surface area contributed by atoms with E-state index in [0.29, 0.717) is 0 Å². The number of carbonyl (C=O) groups is 2. The van der Waals surface area contributed by atoms with Crippen LogP contribution in [0.15, 0.2) is 25.3 Å².